The Kier molecular flexibility index (Phi) is 4.10. The van der Waals surface area contributed by atoms with Crippen LogP contribution in [0.2, 0.25) is 0 Å². The van der Waals surface area contributed by atoms with Crippen molar-refractivity contribution in [2.75, 3.05) is 5.43 Å². The number of pyridine rings is 1. The Bertz CT molecular complexity index is 549. The fourth-order valence-corrected chi connectivity index (χ4v) is 1.60. The average Bonchev–Trinajstić information content (AvgIpc) is 2.46. The molecule has 2 aromatic rings. The molecule has 2 rings (SSSR count). The molecule has 5 nitrogen and oxygen atoms in total. The molecular weight excluding hydrogens is 240 g/mol. The predicted octanol–water partition coefficient (Wildman–Crippen LogP) is 1.61. The first-order valence-corrected chi connectivity index (χ1v) is 5.95. The Morgan fingerprint density at radius 2 is 1.95 bits per heavy atom. The first kappa shape index (κ1) is 13.0. The van der Waals surface area contributed by atoms with E-state index in [1.165, 1.54) is 11.8 Å². The van der Waals surface area contributed by atoms with Gasteiger partial charge >= 0.3 is 0 Å². The van der Waals surface area contributed by atoms with Gasteiger partial charge in [0.15, 0.2) is 0 Å². The van der Waals surface area contributed by atoms with Gasteiger partial charge in [0.05, 0.1) is 5.56 Å². The van der Waals surface area contributed by atoms with Gasteiger partial charge in [-0.05, 0) is 24.6 Å². The monoisotopic (exact) mass is 256 g/mol. The Morgan fingerprint density at radius 1 is 1.21 bits per heavy atom. The molecule has 0 saturated heterocycles. The maximum Gasteiger partial charge on any atom is 0.253 e. The van der Waals surface area contributed by atoms with E-state index < -0.39 is 0 Å². The number of benzene rings is 1. The number of anilines is 1. The van der Waals surface area contributed by atoms with Crippen LogP contribution in [-0.2, 0) is 6.54 Å². The largest absolute Gasteiger partial charge is 0.348 e. The third-order valence-electron chi connectivity index (χ3n) is 2.75. The molecule has 0 aliphatic rings. The van der Waals surface area contributed by atoms with Gasteiger partial charge in [0.25, 0.3) is 5.91 Å². The van der Waals surface area contributed by atoms with Crippen LogP contribution >= 0.6 is 0 Å². The van der Waals surface area contributed by atoms with Crippen LogP contribution in [0.1, 0.15) is 21.5 Å². The summed E-state index contributed by atoms with van der Waals surface area (Å²) in [5.74, 6) is 5.58. The molecule has 1 amide bonds. The standard InChI is InChI=1S/C14H16N4O/c1-10-2-4-11(5-3-10)8-17-14(19)12-6-7-13(18-15)16-9-12/h2-7,9H,8,15H2,1H3,(H,16,18)(H,17,19). The summed E-state index contributed by atoms with van der Waals surface area (Å²) in [4.78, 5) is 15.9. The minimum Gasteiger partial charge on any atom is -0.348 e. The van der Waals surface area contributed by atoms with E-state index >= 15 is 0 Å². The quantitative estimate of drug-likeness (QED) is 0.573. The molecule has 0 fully saturated rings. The van der Waals surface area contributed by atoms with Crippen LogP contribution in [0.15, 0.2) is 42.6 Å². The number of nitrogens with zero attached hydrogens (tertiary/aromatic N) is 1. The van der Waals surface area contributed by atoms with Gasteiger partial charge in [0.1, 0.15) is 5.82 Å². The van der Waals surface area contributed by atoms with E-state index in [0.29, 0.717) is 17.9 Å². The summed E-state index contributed by atoms with van der Waals surface area (Å²) in [6.07, 6.45) is 1.49. The van der Waals surface area contributed by atoms with Crippen LogP contribution in [0.3, 0.4) is 0 Å². The maximum absolute atomic E-state index is 11.9. The summed E-state index contributed by atoms with van der Waals surface area (Å²) in [5, 5.41) is 2.84. The zero-order valence-electron chi connectivity index (χ0n) is 10.7. The number of hydrogen-bond donors (Lipinski definition) is 3. The third kappa shape index (κ3) is 3.53. The number of carbonyl (C=O) groups excluding carboxylic acids is 1. The lowest BCUT2D eigenvalue weighted by Crippen LogP contribution is -2.23. The van der Waals surface area contributed by atoms with Gasteiger partial charge in [-0.15, -0.1) is 0 Å². The molecule has 19 heavy (non-hydrogen) atoms. The lowest BCUT2D eigenvalue weighted by Gasteiger charge is -2.06. The molecular formula is C14H16N4O. The number of rotatable bonds is 4. The molecule has 0 radical (unpaired) electrons. The smallest absolute Gasteiger partial charge is 0.253 e. The Balaban J connectivity index is 1.95. The Labute approximate surface area is 111 Å². The molecule has 0 spiro atoms. The first-order chi connectivity index (χ1) is 9.19. The molecule has 1 heterocycles. The summed E-state index contributed by atoms with van der Waals surface area (Å²) in [6.45, 7) is 2.52. The van der Waals surface area contributed by atoms with Gasteiger partial charge in [0, 0.05) is 12.7 Å². The number of amides is 1. The van der Waals surface area contributed by atoms with Crippen molar-refractivity contribution in [3.63, 3.8) is 0 Å². The van der Waals surface area contributed by atoms with E-state index in [2.05, 4.69) is 15.7 Å². The number of aromatic nitrogens is 1. The lowest BCUT2D eigenvalue weighted by atomic mass is 10.1. The summed E-state index contributed by atoms with van der Waals surface area (Å²) in [7, 11) is 0. The van der Waals surface area contributed by atoms with E-state index in [0.717, 1.165) is 5.56 Å². The summed E-state index contributed by atoms with van der Waals surface area (Å²) in [6, 6.07) is 11.4. The van der Waals surface area contributed by atoms with Crippen molar-refractivity contribution in [1.82, 2.24) is 10.3 Å². The number of hydrogen-bond acceptors (Lipinski definition) is 4. The van der Waals surface area contributed by atoms with Gasteiger partial charge < -0.3 is 10.7 Å². The van der Waals surface area contributed by atoms with Crippen LogP contribution in [-0.4, -0.2) is 10.9 Å². The molecule has 0 aliphatic heterocycles. The van der Waals surface area contributed by atoms with Gasteiger partial charge in [-0.3, -0.25) is 4.79 Å². The van der Waals surface area contributed by atoms with E-state index in [9.17, 15) is 4.79 Å². The minimum atomic E-state index is -0.156. The second kappa shape index (κ2) is 5.97. The Hall–Kier alpha value is -2.40. The van der Waals surface area contributed by atoms with Gasteiger partial charge in [0.2, 0.25) is 0 Å². The first-order valence-electron chi connectivity index (χ1n) is 5.95. The van der Waals surface area contributed by atoms with Crippen molar-refractivity contribution in [2.45, 2.75) is 13.5 Å². The number of aryl methyl sites for hydroxylation is 1. The van der Waals surface area contributed by atoms with E-state index in [4.69, 9.17) is 5.84 Å². The van der Waals surface area contributed by atoms with E-state index in [1.54, 1.807) is 12.1 Å². The van der Waals surface area contributed by atoms with Gasteiger partial charge in [-0.2, -0.15) is 0 Å². The number of nitrogens with one attached hydrogen (secondary N) is 2. The molecule has 98 valence electrons. The highest BCUT2D eigenvalue weighted by Crippen LogP contribution is 2.05. The highest BCUT2D eigenvalue weighted by molar-refractivity contribution is 5.93. The topological polar surface area (TPSA) is 80.0 Å². The van der Waals surface area contributed by atoms with Gasteiger partial charge in [-0.1, -0.05) is 29.8 Å². The molecule has 4 N–H and O–H groups in total. The van der Waals surface area contributed by atoms with Crippen molar-refractivity contribution < 1.29 is 4.79 Å². The summed E-state index contributed by atoms with van der Waals surface area (Å²) >= 11 is 0. The minimum absolute atomic E-state index is 0.156. The second-order valence-corrected chi connectivity index (χ2v) is 4.24. The molecule has 1 aromatic carbocycles. The van der Waals surface area contributed by atoms with E-state index in [-0.39, 0.29) is 5.91 Å². The number of hydrazine groups is 1. The van der Waals surface area contributed by atoms with Crippen molar-refractivity contribution in [2.24, 2.45) is 5.84 Å². The summed E-state index contributed by atoms with van der Waals surface area (Å²) in [5.41, 5.74) is 5.18. The molecule has 1 aromatic heterocycles. The van der Waals surface area contributed by atoms with Crippen molar-refractivity contribution in [1.29, 1.82) is 0 Å². The SMILES string of the molecule is Cc1ccc(CNC(=O)c2ccc(NN)nc2)cc1. The van der Waals surface area contributed by atoms with Crippen molar-refractivity contribution >= 4 is 11.7 Å². The lowest BCUT2D eigenvalue weighted by molar-refractivity contribution is 0.0950. The van der Waals surface area contributed by atoms with Crippen LogP contribution in [0.4, 0.5) is 5.82 Å². The Morgan fingerprint density at radius 3 is 2.53 bits per heavy atom. The van der Waals surface area contributed by atoms with Crippen LogP contribution < -0.4 is 16.6 Å². The van der Waals surface area contributed by atoms with Crippen molar-refractivity contribution in [3.8, 4) is 0 Å². The molecule has 5 heteroatoms. The molecule has 0 bridgehead atoms. The number of nitrogen functional groups attached to an aromatic ring is 1. The molecule has 0 saturated carbocycles. The van der Waals surface area contributed by atoms with Crippen molar-refractivity contribution in [3.05, 3.63) is 59.3 Å². The van der Waals surface area contributed by atoms with E-state index in [1.807, 2.05) is 31.2 Å². The third-order valence-corrected chi connectivity index (χ3v) is 2.75. The maximum atomic E-state index is 11.9. The zero-order chi connectivity index (χ0) is 13.7. The van der Waals surface area contributed by atoms with Crippen LogP contribution in [0, 0.1) is 6.92 Å². The molecule has 0 aliphatic carbocycles. The number of carbonyl (C=O) groups is 1. The summed E-state index contributed by atoms with van der Waals surface area (Å²) < 4.78 is 0. The fraction of sp³-hybridized carbons (Fsp3) is 0.143. The highest BCUT2D eigenvalue weighted by Gasteiger charge is 2.05. The second-order valence-electron chi connectivity index (χ2n) is 4.24. The number of nitrogens with two attached hydrogens (primary N) is 1. The van der Waals surface area contributed by atoms with Crippen LogP contribution in [0.25, 0.3) is 0 Å². The van der Waals surface area contributed by atoms with Crippen LogP contribution in [0.5, 0.6) is 0 Å². The predicted molar refractivity (Wildman–Crippen MR) is 74.4 cm³/mol. The zero-order valence-corrected chi connectivity index (χ0v) is 10.7. The molecule has 0 atom stereocenters. The fourth-order valence-electron chi connectivity index (χ4n) is 1.60. The average molecular weight is 256 g/mol. The van der Waals surface area contributed by atoms with Gasteiger partial charge in [-0.25, -0.2) is 10.8 Å². The molecule has 0 unspecified atom stereocenters. The normalized spacial score (nSPS) is 10.0. The highest BCUT2D eigenvalue weighted by atomic mass is 16.1.